The maximum absolute atomic E-state index is 12.9. The SMILES string of the molecule is COc1cccc(-c2cccc(-c3cccc(O)c3)c2OC(=O)c2ccccc2)c1. The first-order valence-electron chi connectivity index (χ1n) is 9.50. The summed E-state index contributed by atoms with van der Waals surface area (Å²) in [4.78, 5) is 12.9. The van der Waals surface area contributed by atoms with E-state index in [1.807, 2.05) is 54.6 Å². The number of benzene rings is 4. The van der Waals surface area contributed by atoms with Crippen LogP contribution < -0.4 is 9.47 Å². The minimum Gasteiger partial charge on any atom is -0.508 e. The Morgan fingerprint density at radius 3 is 2.03 bits per heavy atom. The van der Waals surface area contributed by atoms with Gasteiger partial charge in [0.2, 0.25) is 0 Å². The van der Waals surface area contributed by atoms with Crippen LogP contribution in [-0.2, 0) is 0 Å². The highest BCUT2D eigenvalue weighted by atomic mass is 16.5. The van der Waals surface area contributed by atoms with E-state index < -0.39 is 5.97 Å². The van der Waals surface area contributed by atoms with Gasteiger partial charge >= 0.3 is 5.97 Å². The minimum atomic E-state index is -0.452. The highest BCUT2D eigenvalue weighted by molar-refractivity contribution is 5.94. The standard InChI is InChI=1S/C26H20O4/c1-29-22-13-6-11-20(17-22)24-15-7-14-23(19-10-5-12-21(27)16-19)25(24)30-26(28)18-8-3-2-4-9-18/h2-17,27H,1H3. The molecule has 4 nitrogen and oxygen atoms in total. The summed E-state index contributed by atoms with van der Waals surface area (Å²) in [7, 11) is 1.61. The van der Waals surface area contributed by atoms with Gasteiger partial charge in [0.15, 0.2) is 0 Å². The van der Waals surface area contributed by atoms with Crippen LogP contribution in [0.25, 0.3) is 22.3 Å². The number of hydrogen-bond acceptors (Lipinski definition) is 4. The molecule has 0 unspecified atom stereocenters. The predicted molar refractivity (Wildman–Crippen MR) is 117 cm³/mol. The molecule has 0 aromatic heterocycles. The molecule has 0 heterocycles. The van der Waals surface area contributed by atoms with Crippen LogP contribution >= 0.6 is 0 Å². The fourth-order valence-electron chi connectivity index (χ4n) is 3.29. The molecule has 0 radical (unpaired) electrons. The van der Waals surface area contributed by atoms with E-state index in [9.17, 15) is 9.90 Å². The lowest BCUT2D eigenvalue weighted by Crippen LogP contribution is -2.10. The van der Waals surface area contributed by atoms with Crippen molar-refractivity contribution in [3.05, 3.63) is 103 Å². The minimum absolute atomic E-state index is 0.139. The van der Waals surface area contributed by atoms with E-state index in [2.05, 4.69) is 0 Å². The number of rotatable bonds is 5. The van der Waals surface area contributed by atoms with Crippen molar-refractivity contribution in [3.8, 4) is 39.5 Å². The normalized spacial score (nSPS) is 10.4. The Labute approximate surface area is 175 Å². The summed E-state index contributed by atoms with van der Waals surface area (Å²) >= 11 is 0. The summed E-state index contributed by atoms with van der Waals surface area (Å²) in [6, 6.07) is 29.0. The average molecular weight is 396 g/mol. The molecule has 0 aliphatic heterocycles. The van der Waals surface area contributed by atoms with Crippen LogP contribution in [0.1, 0.15) is 10.4 Å². The molecular formula is C26H20O4. The second-order valence-electron chi connectivity index (χ2n) is 6.72. The van der Waals surface area contributed by atoms with Crippen LogP contribution in [-0.4, -0.2) is 18.2 Å². The van der Waals surface area contributed by atoms with Gasteiger partial charge in [-0.1, -0.05) is 60.7 Å². The summed E-state index contributed by atoms with van der Waals surface area (Å²) in [5, 5.41) is 9.96. The van der Waals surface area contributed by atoms with Crippen molar-refractivity contribution in [2.45, 2.75) is 0 Å². The molecule has 4 aromatic rings. The van der Waals surface area contributed by atoms with Crippen molar-refractivity contribution in [3.63, 3.8) is 0 Å². The van der Waals surface area contributed by atoms with Crippen LogP contribution in [0.4, 0.5) is 0 Å². The number of ether oxygens (including phenoxy) is 2. The van der Waals surface area contributed by atoms with E-state index in [4.69, 9.17) is 9.47 Å². The molecule has 0 aliphatic rings. The first kappa shape index (κ1) is 19.3. The van der Waals surface area contributed by atoms with E-state index >= 15 is 0 Å². The molecule has 0 amide bonds. The molecule has 0 bridgehead atoms. The zero-order valence-electron chi connectivity index (χ0n) is 16.4. The molecule has 0 saturated carbocycles. The lowest BCUT2D eigenvalue weighted by atomic mass is 9.97. The quantitative estimate of drug-likeness (QED) is 0.334. The Balaban J connectivity index is 1.87. The third-order valence-electron chi connectivity index (χ3n) is 4.76. The molecule has 4 rings (SSSR count). The lowest BCUT2D eigenvalue weighted by molar-refractivity contribution is 0.0736. The Morgan fingerprint density at radius 1 is 0.733 bits per heavy atom. The van der Waals surface area contributed by atoms with E-state index in [0.29, 0.717) is 22.6 Å². The van der Waals surface area contributed by atoms with E-state index in [1.165, 1.54) is 0 Å². The zero-order chi connectivity index (χ0) is 20.9. The maximum Gasteiger partial charge on any atom is 0.343 e. The fraction of sp³-hybridized carbons (Fsp3) is 0.0385. The average Bonchev–Trinajstić information content (AvgIpc) is 2.79. The molecule has 0 atom stereocenters. The Bertz CT molecular complexity index is 1180. The topological polar surface area (TPSA) is 55.8 Å². The molecular weight excluding hydrogens is 376 g/mol. The Morgan fingerprint density at radius 2 is 1.37 bits per heavy atom. The Hall–Kier alpha value is -4.05. The number of methoxy groups -OCH3 is 1. The third-order valence-corrected chi connectivity index (χ3v) is 4.76. The predicted octanol–water partition coefficient (Wildman–Crippen LogP) is 5.95. The van der Waals surface area contributed by atoms with Crippen LogP contribution in [0, 0.1) is 0 Å². The molecule has 148 valence electrons. The van der Waals surface area contributed by atoms with Gasteiger partial charge in [-0.25, -0.2) is 4.79 Å². The van der Waals surface area contributed by atoms with E-state index in [1.54, 1.807) is 49.6 Å². The fourth-order valence-corrected chi connectivity index (χ4v) is 3.29. The molecule has 0 spiro atoms. The second kappa shape index (κ2) is 8.53. The molecule has 4 heteroatoms. The van der Waals surface area contributed by atoms with Gasteiger partial charge in [-0.05, 0) is 47.5 Å². The van der Waals surface area contributed by atoms with Crippen molar-refractivity contribution < 1.29 is 19.4 Å². The number of phenolic OH excluding ortho intramolecular Hbond substituents is 1. The Kier molecular flexibility index (Phi) is 5.48. The summed E-state index contributed by atoms with van der Waals surface area (Å²) < 4.78 is 11.3. The van der Waals surface area contributed by atoms with Crippen molar-refractivity contribution in [1.82, 2.24) is 0 Å². The molecule has 0 saturated heterocycles. The van der Waals surface area contributed by atoms with Gasteiger partial charge in [0.25, 0.3) is 0 Å². The van der Waals surface area contributed by atoms with Crippen LogP contribution in [0.2, 0.25) is 0 Å². The molecule has 1 N–H and O–H groups in total. The van der Waals surface area contributed by atoms with Gasteiger partial charge in [-0.15, -0.1) is 0 Å². The van der Waals surface area contributed by atoms with Crippen molar-refractivity contribution >= 4 is 5.97 Å². The number of para-hydroxylation sites is 1. The number of esters is 1. The number of carbonyl (C=O) groups is 1. The summed E-state index contributed by atoms with van der Waals surface area (Å²) in [6.07, 6.45) is 0. The third kappa shape index (κ3) is 4.03. The molecule has 0 fully saturated rings. The van der Waals surface area contributed by atoms with Crippen molar-refractivity contribution in [2.24, 2.45) is 0 Å². The van der Waals surface area contributed by atoms with E-state index in [-0.39, 0.29) is 5.75 Å². The number of carbonyl (C=O) groups excluding carboxylic acids is 1. The largest absolute Gasteiger partial charge is 0.508 e. The summed E-state index contributed by atoms with van der Waals surface area (Å²) in [6.45, 7) is 0. The number of hydrogen-bond donors (Lipinski definition) is 1. The second-order valence-corrected chi connectivity index (χ2v) is 6.72. The lowest BCUT2D eigenvalue weighted by Gasteiger charge is -2.16. The number of aromatic hydroxyl groups is 1. The van der Waals surface area contributed by atoms with Gasteiger partial charge in [0, 0.05) is 11.1 Å². The first-order chi connectivity index (χ1) is 14.7. The monoisotopic (exact) mass is 396 g/mol. The summed E-state index contributed by atoms with van der Waals surface area (Å²) in [5.41, 5.74) is 3.51. The van der Waals surface area contributed by atoms with Gasteiger partial charge in [-0.3, -0.25) is 0 Å². The van der Waals surface area contributed by atoms with Crippen molar-refractivity contribution in [2.75, 3.05) is 7.11 Å². The van der Waals surface area contributed by atoms with Crippen LogP contribution in [0.5, 0.6) is 17.2 Å². The van der Waals surface area contributed by atoms with Gasteiger partial charge in [0.1, 0.15) is 17.2 Å². The van der Waals surface area contributed by atoms with Gasteiger partial charge < -0.3 is 14.6 Å². The number of phenols is 1. The zero-order valence-corrected chi connectivity index (χ0v) is 16.4. The molecule has 4 aromatic carbocycles. The highest BCUT2D eigenvalue weighted by Crippen LogP contribution is 2.41. The van der Waals surface area contributed by atoms with Gasteiger partial charge in [0.05, 0.1) is 12.7 Å². The highest BCUT2D eigenvalue weighted by Gasteiger charge is 2.18. The first-order valence-corrected chi connectivity index (χ1v) is 9.50. The molecule has 30 heavy (non-hydrogen) atoms. The van der Waals surface area contributed by atoms with Crippen LogP contribution in [0.15, 0.2) is 97.1 Å². The molecule has 0 aliphatic carbocycles. The van der Waals surface area contributed by atoms with Gasteiger partial charge in [-0.2, -0.15) is 0 Å². The van der Waals surface area contributed by atoms with Crippen LogP contribution in [0.3, 0.4) is 0 Å². The summed E-state index contributed by atoms with van der Waals surface area (Å²) in [5.74, 6) is 0.813. The smallest absolute Gasteiger partial charge is 0.343 e. The maximum atomic E-state index is 12.9. The van der Waals surface area contributed by atoms with E-state index in [0.717, 1.165) is 16.7 Å². The van der Waals surface area contributed by atoms with Crippen molar-refractivity contribution in [1.29, 1.82) is 0 Å².